The van der Waals surface area contributed by atoms with Crippen LogP contribution in [-0.4, -0.2) is 22.9 Å². The zero-order valence-electron chi connectivity index (χ0n) is 11.2. The summed E-state index contributed by atoms with van der Waals surface area (Å²) in [7, 11) is 1.64. The van der Waals surface area contributed by atoms with Crippen molar-refractivity contribution < 1.29 is 4.79 Å². The van der Waals surface area contributed by atoms with Crippen LogP contribution >= 0.6 is 11.6 Å². The molecular formula is C15H14ClN3O. The van der Waals surface area contributed by atoms with Crippen LogP contribution in [0.15, 0.2) is 36.5 Å². The normalized spacial score (nSPS) is 10.8. The third-order valence-corrected chi connectivity index (χ3v) is 3.01. The molecule has 0 spiro atoms. The highest BCUT2D eigenvalue weighted by Crippen LogP contribution is 2.13. The number of anilines is 1. The molecule has 1 heterocycles. The van der Waals surface area contributed by atoms with Crippen molar-refractivity contribution >= 4 is 35.6 Å². The first kappa shape index (κ1) is 14.2. The summed E-state index contributed by atoms with van der Waals surface area (Å²) in [6.45, 7) is 1.47. The van der Waals surface area contributed by atoms with Crippen LogP contribution in [0.25, 0.3) is 12.2 Å². The summed E-state index contributed by atoms with van der Waals surface area (Å²) in [5, 5.41) is 0.703. The van der Waals surface area contributed by atoms with Crippen LogP contribution in [0.3, 0.4) is 0 Å². The minimum absolute atomic E-state index is 0.108. The zero-order chi connectivity index (χ0) is 14.5. The topological polar surface area (TPSA) is 46.1 Å². The number of hydrogen-bond acceptors (Lipinski definition) is 3. The Hall–Kier alpha value is -2.20. The SMILES string of the molecule is CC(=O)N(C)c1nccc(/C=C/c2ccc(Cl)cc2)n1. The van der Waals surface area contributed by atoms with Crippen LogP contribution in [0, 0.1) is 0 Å². The highest BCUT2D eigenvalue weighted by Gasteiger charge is 2.07. The number of rotatable bonds is 3. The van der Waals surface area contributed by atoms with Gasteiger partial charge in [0.1, 0.15) is 0 Å². The van der Waals surface area contributed by atoms with E-state index in [1.54, 1.807) is 19.3 Å². The minimum atomic E-state index is -0.108. The Bertz CT molecular complexity index is 638. The molecular weight excluding hydrogens is 274 g/mol. The van der Waals surface area contributed by atoms with E-state index in [2.05, 4.69) is 9.97 Å². The molecule has 0 unspecified atom stereocenters. The molecule has 0 atom stereocenters. The van der Waals surface area contributed by atoms with Crippen LogP contribution < -0.4 is 4.90 Å². The molecule has 20 heavy (non-hydrogen) atoms. The summed E-state index contributed by atoms with van der Waals surface area (Å²) in [6, 6.07) is 9.28. The Morgan fingerprint density at radius 2 is 1.90 bits per heavy atom. The van der Waals surface area contributed by atoms with Gasteiger partial charge < -0.3 is 0 Å². The van der Waals surface area contributed by atoms with Crippen LogP contribution in [0.1, 0.15) is 18.2 Å². The fraction of sp³-hybridized carbons (Fsp3) is 0.133. The van der Waals surface area contributed by atoms with Crippen molar-refractivity contribution in [2.24, 2.45) is 0 Å². The zero-order valence-corrected chi connectivity index (χ0v) is 12.0. The maximum atomic E-state index is 11.3. The van der Waals surface area contributed by atoms with E-state index in [0.29, 0.717) is 11.0 Å². The van der Waals surface area contributed by atoms with Crippen molar-refractivity contribution in [1.29, 1.82) is 0 Å². The van der Waals surface area contributed by atoms with Gasteiger partial charge in [-0.25, -0.2) is 9.97 Å². The maximum absolute atomic E-state index is 11.3. The third kappa shape index (κ3) is 3.65. The van der Waals surface area contributed by atoms with Crippen molar-refractivity contribution in [3.8, 4) is 0 Å². The van der Waals surface area contributed by atoms with E-state index in [4.69, 9.17) is 11.6 Å². The van der Waals surface area contributed by atoms with Crippen molar-refractivity contribution in [3.63, 3.8) is 0 Å². The number of carbonyl (C=O) groups excluding carboxylic acids is 1. The molecule has 0 aliphatic heterocycles. The van der Waals surface area contributed by atoms with Crippen molar-refractivity contribution in [2.75, 3.05) is 11.9 Å². The number of aromatic nitrogens is 2. The van der Waals surface area contributed by atoms with E-state index >= 15 is 0 Å². The van der Waals surface area contributed by atoms with Gasteiger partial charge in [-0.05, 0) is 29.8 Å². The van der Waals surface area contributed by atoms with Gasteiger partial charge in [-0.1, -0.05) is 29.8 Å². The van der Waals surface area contributed by atoms with Crippen molar-refractivity contribution in [1.82, 2.24) is 9.97 Å². The molecule has 1 aromatic heterocycles. The molecule has 0 aliphatic carbocycles. The van der Waals surface area contributed by atoms with E-state index in [9.17, 15) is 4.79 Å². The Morgan fingerprint density at radius 1 is 1.20 bits per heavy atom. The Labute approximate surface area is 122 Å². The average Bonchev–Trinajstić information content (AvgIpc) is 2.46. The number of carbonyl (C=O) groups is 1. The Morgan fingerprint density at radius 3 is 2.55 bits per heavy atom. The number of benzene rings is 1. The molecule has 0 N–H and O–H groups in total. The molecule has 2 aromatic rings. The lowest BCUT2D eigenvalue weighted by molar-refractivity contribution is -0.116. The number of hydrogen-bond donors (Lipinski definition) is 0. The van der Waals surface area contributed by atoms with Crippen LogP contribution in [0.2, 0.25) is 5.02 Å². The summed E-state index contributed by atoms with van der Waals surface area (Å²) in [5.41, 5.74) is 1.76. The van der Waals surface area contributed by atoms with E-state index in [-0.39, 0.29) is 5.91 Å². The molecule has 0 radical (unpaired) electrons. The van der Waals surface area contributed by atoms with E-state index in [1.807, 2.05) is 36.4 Å². The number of halogens is 1. The molecule has 0 fully saturated rings. The largest absolute Gasteiger partial charge is 0.284 e. The molecule has 1 amide bonds. The lowest BCUT2D eigenvalue weighted by Crippen LogP contribution is -2.25. The molecule has 1 aromatic carbocycles. The molecule has 2 rings (SSSR count). The highest BCUT2D eigenvalue weighted by atomic mass is 35.5. The summed E-state index contributed by atoms with van der Waals surface area (Å²) in [5.74, 6) is 0.277. The summed E-state index contributed by atoms with van der Waals surface area (Å²) >= 11 is 5.83. The van der Waals surface area contributed by atoms with Gasteiger partial charge in [-0.2, -0.15) is 0 Å². The average molecular weight is 288 g/mol. The maximum Gasteiger partial charge on any atom is 0.232 e. The summed E-state index contributed by atoms with van der Waals surface area (Å²) in [4.78, 5) is 21.1. The van der Waals surface area contributed by atoms with Gasteiger partial charge >= 0.3 is 0 Å². The molecule has 0 saturated carbocycles. The fourth-order valence-electron chi connectivity index (χ4n) is 1.51. The van der Waals surface area contributed by atoms with Crippen LogP contribution in [0.5, 0.6) is 0 Å². The van der Waals surface area contributed by atoms with Crippen molar-refractivity contribution in [3.05, 3.63) is 52.8 Å². The van der Waals surface area contributed by atoms with Crippen LogP contribution in [-0.2, 0) is 4.79 Å². The van der Waals surface area contributed by atoms with Gasteiger partial charge in [-0.3, -0.25) is 9.69 Å². The predicted molar refractivity (Wildman–Crippen MR) is 81.5 cm³/mol. The molecule has 102 valence electrons. The fourth-order valence-corrected chi connectivity index (χ4v) is 1.64. The summed E-state index contributed by atoms with van der Waals surface area (Å²) < 4.78 is 0. The van der Waals surface area contributed by atoms with Gasteiger partial charge in [0, 0.05) is 25.2 Å². The molecule has 4 nitrogen and oxygen atoms in total. The number of nitrogens with zero attached hydrogens (tertiary/aromatic N) is 3. The monoisotopic (exact) mass is 287 g/mol. The molecule has 5 heteroatoms. The molecule has 0 saturated heterocycles. The van der Waals surface area contributed by atoms with Gasteiger partial charge in [0.05, 0.1) is 5.69 Å². The number of amides is 1. The summed E-state index contributed by atoms with van der Waals surface area (Å²) in [6.07, 6.45) is 5.42. The second-order valence-corrected chi connectivity index (χ2v) is 4.68. The minimum Gasteiger partial charge on any atom is -0.284 e. The Kier molecular flexibility index (Phi) is 4.48. The first-order valence-corrected chi connectivity index (χ1v) is 6.45. The second-order valence-electron chi connectivity index (χ2n) is 4.24. The van der Waals surface area contributed by atoms with Gasteiger partial charge in [0.25, 0.3) is 0 Å². The lowest BCUT2D eigenvalue weighted by Gasteiger charge is -2.12. The first-order chi connectivity index (χ1) is 9.56. The van der Waals surface area contributed by atoms with Gasteiger partial charge in [-0.15, -0.1) is 0 Å². The van der Waals surface area contributed by atoms with Gasteiger partial charge in [0.2, 0.25) is 11.9 Å². The van der Waals surface area contributed by atoms with Crippen LogP contribution in [0.4, 0.5) is 5.95 Å². The van der Waals surface area contributed by atoms with Gasteiger partial charge in [0.15, 0.2) is 0 Å². The Balaban J connectivity index is 2.19. The van der Waals surface area contributed by atoms with E-state index in [1.165, 1.54) is 11.8 Å². The molecule has 0 aliphatic rings. The second kappa shape index (κ2) is 6.30. The molecule has 0 bridgehead atoms. The van der Waals surface area contributed by atoms with E-state index < -0.39 is 0 Å². The first-order valence-electron chi connectivity index (χ1n) is 6.07. The smallest absolute Gasteiger partial charge is 0.232 e. The predicted octanol–water partition coefficient (Wildman–Crippen LogP) is 3.28. The third-order valence-electron chi connectivity index (χ3n) is 2.75. The van der Waals surface area contributed by atoms with E-state index in [0.717, 1.165) is 11.3 Å². The lowest BCUT2D eigenvalue weighted by atomic mass is 10.2. The standard InChI is InChI=1S/C15H14ClN3O/c1-11(20)19(2)15-17-10-9-14(18-15)8-5-12-3-6-13(16)7-4-12/h3-10H,1-2H3/b8-5+. The highest BCUT2D eigenvalue weighted by molar-refractivity contribution is 6.30. The quantitative estimate of drug-likeness (QED) is 0.870. The van der Waals surface area contributed by atoms with Crippen molar-refractivity contribution in [2.45, 2.75) is 6.92 Å².